The van der Waals surface area contributed by atoms with Gasteiger partial charge in [0.2, 0.25) is 0 Å². The molecule has 1 atom stereocenters. The molecule has 130 valence electrons. The average Bonchev–Trinajstić information content (AvgIpc) is 2.93. The Morgan fingerprint density at radius 1 is 1.19 bits per heavy atom. The second kappa shape index (κ2) is 6.81. The summed E-state index contributed by atoms with van der Waals surface area (Å²) in [5, 5.41) is 19.3. The number of nitrogens with zero attached hydrogens (tertiary/aromatic N) is 2. The van der Waals surface area contributed by atoms with Gasteiger partial charge in [-0.1, -0.05) is 19.1 Å². The number of hydrogen-bond donors (Lipinski definition) is 1. The predicted octanol–water partition coefficient (Wildman–Crippen LogP) is 3.58. The maximum Gasteiger partial charge on any atom is 0.294 e. The third-order valence-electron chi connectivity index (χ3n) is 4.29. The molecule has 5 nitrogen and oxygen atoms in total. The lowest BCUT2D eigenvalue weighted by atomic mass is 9.95. The zero-order valence-electron chi connectivity index (χ0n) is 13.9. The summed E-state index contributed by atoms with van der Waals surface area (Å²) in [6.45, 7) is 1.64. The lowest BCUT2D eigenvalue weighted by Gasteiger charge is -2.27. The first-order valence-electron chi connectivity index (χ1n) is 8.03. The van der Waals surface area contributed by atoms with Crippen LogP contribution in [0.5, 0.6) is 0 Å². The molecule has 0 aromatic heterocycles. The molecule has 3 rings (SSSR count). The van der Waals surface area contributed by atoms with E-state index < -0.39 is 23.5 Å². The van der Waals surface area contributed by atoms with Crippen LogP contribution < -0.4 is 4.90 Å². The molecule has 0 fully saturated rings. The highest BCUT2D eigenvalue weighted by molar-refractivity contribution is 6.16. The van der Waals surface area contributed by atoms with E-state index >= 15 is 0 Å². The van der Waals surface area contributed by atoms with Crippen LogP contribution in [0.25, 0.3) is 0 Å². The summed E-state index contributed by atoms with van der Waals surface area (Å²) >= 11 is 0. The number of halogens is 1. The van der Waals surface area contributed by atoms with E-state index in [1.54, 1.807) is 31.2 Å². The van der Waals surface area contributed by atoms with E-state index in [0.29, 0.717) is 16.8 Å². The minimum atomic E-state index is -0.858. The van der Waals surface area contributed by atoms with Crippen molar-refractivity contribution in [2.24, 2.45) is 0 Å². The minimum Gasteiger partial charge on any atom is -0.503 e. The molecule has 26 heavy (non-hydrogen) atoms. The normalized spacial score (nSPS) is 16.7. The number of amides is 1. The maximum atomic E-state index is 13.3. The van der Waals surface area contributed by atoms with Gasteiger partial charge in [-0.25, -0.2) is 4.39 Å². The summed E-state index contributed by atoms with van der Waals surface area (Å²) in [4.78, 5) is 26.3. The third kappa shape index (κ3) is 2.84. The summed E-state index contributed by atoms with van der Waals surface area (Å²) in [6, 6.07) is 12.8. The van der Waals surface area contributed by atoms with Gasteiger partial charge in [-0.2, -0.15) is 5.26 Å². The average molecular weight is 350 g/mol. The highest BCUT2D eigenvalue weighted by Gasteiger charge is 2.43. The minimum absolute atomic E-state index is 0.00605. The van der Waals surface area contributed by atoms with E-state index in [-0.39, 0.29) is 17.8 Å². The highest BCUT2D eigenvalue weighted by Crippen LogP contribution is 2.41. The van der Waals surface area contributed by atoms with E-state index in [4.69, 9.17) is 5.26 Å². The molecule has 1 N–H and O–H groups in total. The van der Waals surface area contributed by atoms with Gasteiger partial charge < -0.3 is 5.11 Å². The number of benzene rings is 2. The molecule has 0 radical (unpaired) electrons. The van der Waals surface area contributed by atoms with Crippen LogP contribution in [-0.2, 0) is 9.59 Å². The Hall–Kier alpha value is -3.46. The van der Waals surface area contributed by atoms with Crippen molar-refractivity contribution >= 4 is 17.4 Å². The van der Waals surface area contributed by atoms with Crippen molar-refractivity contribution in [1.29, 1.82) is 5.26 Å². The standard InChI is InChI=1S/C20H15FN2O3/c1-2-16(24)17-18(13-5-7-14(21)8-6-13)23(20(26)19(17)25)15-9-3-12(11-22)4-10-15/h3-10,18,25H,2H2,1H3. The summed E-state index contributed by atoms with van der Waals surface area (Å²) in [5.74, 6) is -2.11. The monoisotopic (exact) mass is 350 g/mol. The van der Waals surface area contributed by atoms with Gasteiger partial charge in [0.25, 0.3) is 5.91 Å². The molecule has 0 aliphatic carbocycles. The molecular weight excluding hydrogens is 335 g/mol. The largest absolute Gasteiger partial charge is 0.503 e. The number of Topliss-reactive ketones (excluding diaryl/α,β-unsaturated/α-hetero) is 1. The number of aliphatic hydroxyl groups excluding tert-OH is 1. The third-order valence-corrected chi connectivity index (χ3v) is 4.29. The Balaban J connectivity index is 2.15. The lowest BCUT2D eigenvalue weighted by Crippen LogP contribution is -2.31. The van der Waals surface area contributed by atoms with Gasteiger partial charge in [-0.15, -0.1) is 0 Å². The molecule has 1 aliphatic heterocycles. The molecule has 1 amide bonds. The predicted molar refractivity (Wildman–Crippen MR) is 92.7 cm³/mol. The number of carbonyl (C=O) groups is 2. The molecule has 2 aromatic carbocycles. The van der Waals surface area contributed by atoms with Crippen LogP contribution in [0, 0.1) is 17.1 Å². The maximum absolute atomic E-state index is 13.3. The highest BCUT2D eigenvalue weighted by atomic mass is 19.1. The van der Waals surface area contributed by atoms with Crippen LogP contribution in [0.3, 0.4) is 0 Å². The van der Waals surface area contributed by atoms with Crippen LogP contribution in [0.4, 0.5) is 10.1 Å². The van der Waals surface area contributed by atoms with Crippen LogP contribution >= 0.6 is 0 Å². The van der Waals surface area contributed by atoms with Crippen molar-refractivity contribution in [3.8, 4) is 6.07 Å². The number of rotatable bonds is 4. The first-order valence-corrected chi connectivity index (χ1v) is 8.03. The van der Waals surface area contributed by atoms with Crippen LogP contribution in [0.1, 0.15) is 30.5 Å². The molecule has 1 aliphatic rings. The number of carbonyl (C=O) groups excluding carboxylic acids is 2. The molecule has 6 heteroatoms. The van der Waals surface area contributed by atoms with Gasteiger partial charge in [0.05, 0.1) is 23.2 Å². The van der Waals surface area contributed by atoms with Crippen LogP contribution in [0.2, 0.25) is 0 Å². The van der Waals surface area contributed by atoms with Gasteiger partial charge in [0.15, 0.2) is 11.5 Å². The fourth-order valence-electron chi connectivity index (χ4n) is 3.00. The fraction of sp³-hybridized carbons (Fsp3) is 0.150. The summed E-state index contributed by atoms with van der Waals surface area (Å²) in [5.41, 5.74) is 1.34. The Labute approximate surface area is 149 Å². The molecule has 0 saturated heterocycles. The van der Waals surface area contributed by atoms with Crippen LogP contribution in [-0.4, -0.2) is 16.8 Å². The van der Waals surface area contributed by atoms with Crippen molar-refractivity contribution in [3.05, 3.63) is 76.8 Å². The van der Waals surface area contributed by atoms with E-state index in [1.165, 1.54) is 29.2 Å². The molecule has 0 bridgehead atoms. The van der Waals surface area contributed by atoms with Gasteiger partial charge in [0.1, 0.15) is 5.82 Å². The SMILES string of the molecule is CCC(=O)C1=C(O)C(=O)N(c2ccc(C#N)cc2)C1c1ccc(F)cc1. The Morgan fingerprint density at radius 2 is 1.81 bits per heavy atom. The van der Waals surface area contributed by atoms with Crippen molar-refractivity contribution in [2.45, 2.75) is 19.4 Å². The summed E-state index contributed by atoms with van der Waals surface area (Å²) in [7, 11) is 0. The molecule has 1 heterocycles. The van der Waals surface area contributed by atoms with E-state index in [1.807, 2.05) is 6.07 Å². The van der Waals surface area contributed by atoms with Gasteiger partial charge >= 0.3 is 0 Å². The zero-order chi connectivity index (χ0) is 18.8. The van der Waals surface area contributed by atoms with E-state index in [0.717, 1.165) is 0 Å². The topological polar surface area (TPSA) is 81.4 Å². The Morgan fingerprint density at radius 3 is 2.35 bits per heavy atom. The second-order valence-electron chi connectivity index (χ2n) is 5.83. The van der Waals surface area contributed by atoms with Crippen molar-refractivity contribution in [3.63, 3.8) is 0 Å². The van der Waals surface area contributed by atoms with E-state index in [2.05, 4.69) is 0 Å². The smallest absolute Gasteiger partial charge is 0.294 e. The summed E-state index contributed by atoms with van der Waals surface area (Å²) in [6.07, 6.45) is 0.117. The van der Waals surface area contributed by atoms with E-state index in [9.17, 15) is 19.1 Å². The molecule has 1 unspecified atom stereocenters. The number of hydrogen-bond acceptors (Lipinski definition) is 4. The quantitative estimate of drug-likeness (QED) is 0.914. The van der Waals surface area contributed by atoms with Crippen molar-refractivity contribution in [2.75, 3.05) is 4.90 Å². The van der Waals surface area contributed by atoms with Gasteiger partial charge in [0, 0.05) is 12.1 Å². The number of nitriles is 1. The van der Waals surface area contributed by atoms with Crippen LogP contribution in [0.15, 0.2) is 59.9 Å². The lowest BCUT2D eigenvalue weighted by molar-refractivity contribution is -0.118. The Bertz CT molecular complexity index is 941. The van der Waals surface area contributed by atoms with Gasteiger partial charge in [-0.3, -0.25) is 14.5 Å². The molecule has 2 aromatic rings. The molecule has 0 saturated carbocycles. The fourth-order valence-corrected chi connectivity index (χ4v) is 3.00. The van der Waals surface area contributed by atoms with Gasteiger partial charge in [-0.05, 0) is 42.0 Å². The second-order valence-corrected chi connectivity index (χ2v) is 5.83. The molecular formula is C20H15FN2O3. The molecule has 0 spiro atoms. The number of anilines is 1. The zero-order valence-corrected chi connectivity index (χ0v) is 13.9. The number of aliphatic hydroxyl groups is 1. The van der Waals surface area contributed by atoms with Crippen molar-refractivity contribution in [1.82, 2.24) is 0 Å². The summed E-state index contributed by atoms with van der Waals surface area (Å²) < 4.78 is 13.3. The Kier molecular flexibility index (Phi) is 4.55. The first-order chi connectivity index (χ1) is 12.5. The number of ketones is 1. The van der Waals surface area contributed by atoms with Crippen molar-refractivity contribution < 1.29 is 19.1 Å². The first kappa shape index (κ1) is 17.4.